The molecule has 2 aromatic carbocycles. The van der Waals surface area contributed by atoms with Gasteiger partial charge in [0.25, 0.3) is 0 Å². The van der Waals surface area contributed by atoms with Crippen LogP contribution in [0.3, 0.4) is 0 Å². The van der Waals surface area contributed by atoms with Gasteiger partial charge in [-0.1, -0.05) is 18.2 Å². The maximum Gasteiger partial charge on any atom is 0.198 e. The van der Waals surface area contributed by atoms with E-state index in [2.05, 4.69) is 0 Å². The van der Waals surface area contributed by atoms with Gasteiger partial charge in [-0.15, -0.1) is 0 Å². The predicted octanol–water partition coefficient (Wildman–Crippen LogP) is 2.75. The first kappa shape index (κ1) is 14.4. The van der Waals surface area contributed by atoms with Gasteiger partial charge in [0, 0.05) is 13.2 Å². The van der Waals surface area contributed by atoms with Crippen molar-refractivity contribution in [3.63, 3.8) is 0 Å². The van der Waals surface area contributed by atoms with Crippen molar-refractivity contribution in [2.24, 2.45) is 5.73 Å². The van der Waals surface area contributed by atoms with E-state index >= 15 is 0 Å². The lowest BCUT2D eigenvalue weighted by Gasteiger charge is -2.12. The lowest BCUT2D eigenvalue weighted by atomic mass is 10.1. The van der Waals surface area contributed by atoms with Crippen molar-refractivity contribution in [2.75, 3.05) is 6.61 Å². The largest absolute Gasteiger partial charge is 0.451 e. The van der Waals surface area contributed by atoms with Crippen molar-refractivity contribution in [3.05, 3.63) is 59.2 Å². The number of halogens is 2. The number of benzene rings is 2. The molecule has 0 aliphatic rings. The minimum absolute atomic E-state index is 0.0508. The molecule has 3 N–H and O–H groups in total. The minimum atomic E-state index is -0.802. The maximum absolute atomic E-state index is 13.8. The number of nitrogens with two attached hydrogens (primary N) is 1. The van der Waals surface area contributed by atoms with Crippen molar-refractivity contribution >= 4 is 0 Å². The van der Waals surface area contributed by atoms with Crippen LogP contribution in [0.1, 0.15) is 11.1 Å². The summed E-state index contributed by atoms with van der Waals surface area (Å²) in [4.78, 5) is 0. The Kier molecular flexibility index (Phi) is 4.65. The molecule has 0 aliphatic heterocycles. The van der Waals surface area contributed by atoms with E-state index in [0.29, 0.717) is 23.3 Å². The standard InChI is InChI=1S/C15H15F2NO2/c16-12-7-10(9-18)8-13(17)15(12)20-14-4-2-1-3-11(14)5-6-19/h1-4,7-8,19H,5-6,9,18H2. The number of para-hydroxylation sites is 1. The normalized spacial score (nSPS) is 10.6. The Labute approximate surface area is 115 Å². The lowest BCUT2D eigenvalue weighted by Crippen LogP contribution is -2.02. The molecular weight excluding hydrogens is 264 g/mol. The van der Waals surface area contributed by atoms with Crippen LogP contribution >= 0.6 is 0 Å². The molecule has 0 aliphatic carbocycles. The molecule has 106 valence electrons. The molecule has 20 heavy (non-hydrogen) atoms. The summed E-state index contributed by atoms with van der Waals surface area (Å²) >= 11 is 0. The molecule has 0 spiro atoms. The van der Waals surface area contributed by atoms with Crippen LogP contribution in [0.4, 0.5) is 8.78 Å². The summed E-state index contributed by atoms with van der Waals surface area (Å²) in [6.07, 6.45) is 0.348. The fourth-order valence-electron chi connectivity index (χ4n) is 1.87. The van der Waals surface area contributed by atoms with E-state index in [1.54, 1.807) is 24.3 Å². The van der Waals surface area contributed by atoms with Crippen LogP contribution in [0.5, 0.6) is 11.5 Å². The zero-order valence-electron chi connectivity index (χ0n) is 10.8. The van der Waals surface area contributed by atoms with E-state index in [9.17, 15) is 8.78 Å². The molecule has 0 unspecified atom stereocenters. The molecular formula is C15H15F2NO2. The topological polar surface area (TPSA) is 55.5 Å². The van der Waals surface area contributed by atoms with Gasteiger partial charge in [0.15, 0.2) is 17.4 Å². The highest BCUT2D eigenvalue weighted by atomic mass is 19.1. The summed E-state index contributed by atoms with van der Waals surface area (Å²) in [7, 11) is 0. The predicted molar refractivity (Wildman–Crippen MR) is 71.6 cm³/mol. The SMILES string of the molecule is NCc1cc(F)c(Oc2ccccc2CCO)c(F)c1. The van der Waals surface area contributed by atoms with Gasteiger partial charge in [-0.3, -0.25) is 0 Å². The summed E-state index contributed by atoms with van der Waals surface area (Å²) in [6.45, 7) is -0.0212. The van der Waals surface area contributed by atoms with E-state index < -0.39 is 17.4 Å². The molecule has 0 heterocycles. The molecule has 0 amide bonds. The average Bonchev–Trinajstić information content (AvgIpc) is 2.44. The Morgan fingerprint density at radius 2 is 1.75 bits per heavy atom. The zero-order chi connectivity index (χ0) is 14.5. The van der Waals surface area contributed by atoms with E-state index in [0.717, 1.165) is 12.1 Å². The Balaban J connectivity index is 2.35. The first-order valence-electron chi connectivity index (χ1n) is 6.20. The van der Waals surface area contributed by atoms with Crippen molar-refractivity contribution in [1.29, 1.82) is 0 Å². The van der Waals surface area contributed by atoms with Crippen LogP contribution in [0, 0.1) is 11.6 Å². The van der Waals surface area contributed by atoms with Gasteiger partial charge in [-0.2, -0.15) is 0 Å². The number of aliphatic hydroxyl groups excluding tert-OH is 1. The van der Waals surface area contributed by atoms with E-state index in [4.69, 9.17) is 15.6 Å². The van der Waals surface area contributed by atoms with E-state index in [1.807, 2.05) is 0 Å². The van der Waals surface area contributed by atoms with Crippen molar-refractivity contribution in [1.82, 2.24) is 0 Å². The summed E-state index contributed by atoms with van der Waals surface area (Å²) in [5.74, 6) is -1.75. The van der Waals surface area contributed by atoms with Crippen LogP contribution in [0.15, 0.2) is 36.4 Å². The highest BCUT2D eigenvalue weighted by Crippen LogP contribution is 2.30. The highest BCUT2D eigenvalue weighted by Gasteiger charge is 2.14. The van der Waals surface area contributed by atoms with Crippen LogP contribution in [0.25, 0.3) is 0 Å². The molecule has 0 aromatic heterocycles. The van der Waals surface area contributed by atoms with Crippen LogP contribution in [-0.2, 0) is 13.0 Å². The van der Waals surface area contributed by atoms with Crippen LogP contribution in [0.2, 0.25) is 0 Å². The summed E-state index contributed by atoms with van der Waals surface area (Å²) < 4.78 is 33.0. The minimum Gasteiger partial charge on any atom is -0.451 e. The number of aliphatic hydroxyl groups is 1. The number of hydrogen-bond acceptors (Lipinski definition) is 3. The third-order valence-electron chi connectivity index (χ3n) is 2.86. The highest BCUT2D eigenvalue weighted by molar-refractivity contribution is 5.40. The molecule has 0 fully saturated rings. The molecule has 0 bridgehead atoms. The van der Waals surface area contributed by atoms with E-state index in [1.165, 1.54) is 0 Å². The quantitative estimate of drug-likeness (QED) is 0.884. The summed E-state index contributed by atoms with van der Waals surface area (Å²) in [6, 6.07) is 9.08. The first-order chi connectivity index (χ1) is 9.65. The number of rotatable bonds is 5. The maximum atomic E-state index is 13.8. The van der Waals surface area contributed by atoms with E-state index in [-0.39, 0.29) is 13.2 Å². The van der Waals surface area contributed by atoms with Crippen molar-refractivity contribution < 1.29 is 18.6 Å². The smallest absolute Gasteiger partial charge is 0.198 e. The molecule has 0 radical (unpaired) electrons. The Morgan fingerprint density at radius 1 is 1.10 bits per heavy atom. The fraction of sp³-hybridized carbons (Fsp3) is 0.200. The average molecular weight is 279 g/mol. The summed E-state index contributed by atoms with van der Waals surface area (Å²) in [5.41, 5.74) is 6.39. The molecule has 0 saturated heterocycles. The zero-order valence-corrected chi connectivity index (χ0v) is 10.8. The van der Waals surface area contributed by atoms with Crippen molar-refractivity contribution in [3.8, 4) is 11.5 Å². The molecule has 0 atom stereocenters. The first-order valence-corrected chi connectivity index (χ1v) is 6.20. The second kappa shape index (κ2) is 6.45. The monoisotopic (exact) mass is 279 g/mol. The summed E-state index contributed by atoms with van der Waals surface area (Å²) in [5, 5.41) is 8.97. The van der Waals surface area contributed by atoms with Gasteiger partial charge in [0.1, 0.15) is 5.75 Å². The van der Waals surface area contributed by atoms with Gasteiger partial charge in [-0.05, 0) is 35.7 Å². The van der Waals surface area contributed by atoms with Gasteiger partial charge in [0.2, 0.25) is 0 Å². The lowest BCUT2D eigenvalue weighted by molar-refractivity contribution is 0.297. The second-order valence-electron chi connectivity index (χ2n) is 4.28. The third kappa shape index (κ3) is 3.12. The molecule has 2 aromatic rings. The number of ether oxygens (including phenoxy) is 1. The molecule has 0 saturated carbocycles. The van der Waals surface area contributed by atoms with Gasteiger partial charge >= 0.3 is 0 Å². The van der Waals surface area contributed by atoms with Gasteiger partial charge in [-0.25, -0.2) is 8.78 Å². The fourth-order valence-corrected chi connectivity index (χ4v) is 1.87. The van der Waals surface area contributed by atoms with Gasteiger partial charge < -0.3 is 15.6 Å². The van der Waals surface area contributed by atoms with Crippen LogP contribution in [-0.4, -0.2) is 11.7 Å². The van der Waals surface area contributed by atoms with Crippen LogP contribution < -0.4 is 10.5 Å². The third-order valence-corrected chi connectivity index (χ3v) is 2.86. The van der Waals surface area contributed by atoms with Crippen molar-refractivity contribution in [2.45, 2.75) is 13.0 Å². The Bertz CT molecular complexity index is 579. The number of hydrogen-bond donors (Lipinski definition) is 2. The Morgan fingerprint density at radius 3 is 2.35 bits per heavy atom. The molecule has 5 heteroatoms. The second-order valence-corrected chi connectivity index (χ2v) is 4.28. The molecule has 3 nitrogen and oxygen atoms in total. The Hall–Kier alpha value is -1.98. The van der Waals surface area contributed by atoms with Gasteiger partial charge in [0.05, 0.1) is 0 Å². The molecule has 2 rings (SSSR count).